The molecule has 10 aromatic carbocycles. The van der Waals surface area contributed by atoms with Crippen LogP contribution in [-0.4, -0.2) is 29.1 Å². The molecule has 0 aliphatic carbocycles. The van der Waals surface area contributed by atoms with Gasteiger partial charge in [0.25, 0.3) is 0 Å². The average molecular weight is 945 g/mol. The molecule has 6 heteroatoms. The van der Waals surface area contributed by atoms with Crippen LogP contribution in [0.5, 0.6) is 0 Å². The number of fused-ring (bicyclic) bond motifs is 6. The molecule has 346 valence electrons. The summed E-state index contributed by atoms with van der Waals surface area (Å²) in [6, 6.07) is 94.0. The number of benzene rings is 10. The first-order chi connectivity index (χ1) is 36.7. The smallest absolute Gasteiger partial charge is 0.160 e. The topological polar surface area (TPSA) is 61.4 Å². The molecule has 0 aliphatic heterocycles. The summed E-state index contributed by atoms with van der Waals surface area (Å²) in [7, 11) is 0. The highest BCUT2D eigenvalue weighted by Crippen LogP contribution is 2.39. The van der Waals surface area contributed by atoms with Crippen LogP contribution in [0.15, 0.2) is 267 Å². The monoisotopic (exact) mass is 944 g/mol. The predicted molar refractivity (Wildman–Crippen MR) is 304 cm³/mol. The molecule has 0 N–H and O–H groups in total. The molecule has 4 aromatic heterocycles. The lowest BCUT2D eigenvalue weighted by Crippen LogP contribution is -1.97. The molecule has 0 saturated heterocycles. The molecular formula is C68H44N6. The quantitative estimate of drug-likeness (QED) is 0.145. The molecule has 0 saturated carbocycles. The predicted octanol–water partition coefficient (Wildman–Crippen LogP) is 17.1. The van der Waals surface area contributed by atoms with E-state index in [2.05, 4.69) is 203 Å². The van der Waals surface area contributed by atoms with E-state index in [0.29, 0.717) is 11.6 Å². The number of aromatic nitrogens is 6. The third-order valence-corrected chi connectivity index (χ3v) is 14.2. The minimum atomic E-state index is 0.704. The maximum absolute atomic E-state index is 5.09. The van der Waals surface area contributed by atoms with Crippen LogP contribution in [0.3, 0.4) is 0 Å². The second kappa shape index (κ2) is 18.0. The van der Waals surface area contributed by atoms with Gasteiger partial charge in [-0.15, -0.1) is 0 Å². The van der Waals surface area contributed by atoms with Gasteiger partial charge in [-0.2, -0.15) is 0 Å². The third-order valence-electron chi connectivity index (χ3n) is 14.2. The van der Waals surface area contributed by atoms with Crippen LogP contribution in [-0.2, 0) is 0 Å². The molecule has 14 rings (SSSR count). The van der Waals surface area contributed by atoms with Gasteiger partial charge in [-0.25, -0.2) is 19.9 Å². The molecule has 0 unspecified atom stereocenters. The molecule has 0 spiro atoms. The zero-order valence-corrected chi connectivity index (χ0v) is 40.1. The Kier molecular flexibility index (Phi) is 10.4. The Hall–Kier alpha value is -10.0. The van der Waals surface area contributed by atoms with Crippen LogP contribution < -0.4 is 0 Å². The molecule has 0 amide bonds. The molecule has 0 aliphatic rings. The Morgan fingerprint density at radius 2 is 0.486 bits per heavy atom. The minimum Gasteiger partial charge on any atom is -0.309 e. The summed E-state index contributed by atoms with van der Waals surface area (Å²) in [5.41, 5.74) is 18.8. The SMILES string of the molecule is c1ccc(-c2cc(-c3ccc(-n4c5ccccc5c5cc(-c6ccc7c(c6)c6ccccc6n7-c6ccc(-c7cc(-c8ccccc8)nc(-c8ccccc8)n7)cc6)ccc54)cc3)nc(-c3ccccc3)n2)cc1. The lowest BCUT2D eigenvalue weighted by Gasteiger charge is -2.12. The molecular weight excluding hydrogens is 901 g/mol. The number of para-hydroxylation sites is 2. The van der Waals surface area contributed by atoms with Crippen LogP contribution in [0.1, 0.15) is 0 Å². The van der Waals surface area contributed by atoms with E-state index >= 15 is 0 Å². The van der Waals surface area contributed by atoms with Crippen molar-refractivity contribution in [2.45, 2.75) is 0 Å². The summed E-state index contributed by atoms with van der Waals surface area (Å²) in [6.07, 6.45) is 0. The van der Waals surface area contributed by atoms with Gasteiger partial charge in [0.05, 0.1) is 44.8 Å². The van der Waals surface area contributed by atoms with Gasteiger partial charge in [-0.3, -0.25) is 0 Å². The Morgan fingerprint density at radius 3 is 0.851 bits per heavy atom. The fourth-order valence-electron chi connectivity index (χ4n) is 10.6. The first-order valence-electron chi connectivity index (χ1n) is 25.0. The van der Waals surface area contributed by atoms with E-state index in [-0.39, 0.29) is 0 Å². The van der Waals surface area contributed by atoms with E-state index < -0.39 is 0 Å². The van der Waals surface area contributed by atoms with Crippen molar-refractivity contribution in [3.8, 4) is 90.3 Å². The normalized spacial score (nSPS) is 11.5. The van der Waals surface area contributed by atoms with E-state index in [1.807, 2.05) is 72.8 Å². The molecule has 0 bridgehead atoms. The van der Waals surface area contributed by atoms with Crippen LogP contribution in [0.25, 0.3) is 134 Å². The molecule has 0 fully saturated rings. The highest BCUT2D eigenvalue weighted by atomic mass is 15.0. The minimum absolute atomic E-state index is 0.704. The molecule has 74 heavy (non-hydrogen) atoms. The number of hydrogen-bond donors (Lipinski definition) is 0. The van der Waals surface area contributed by atoms with Gasteiger partial charge in [0, 0.05) is 66.3 Å². The van der Waals surface area contributed by atoms with E-state index in [0.717, 1.165) is 89.6 Å². The summed E-state index contributed by atoms with van der Waals surface area (Å²) in [4.78, 5) is 20.2. The molecule has 0 atom stereocenters. The fourth-order valence-corrected chi connectivity index (χ4v) is 10.6. The highest BCUT2D eigenvalue weighted by Gasteiger charge is 2.18. The zero-order chi connectivity index (χ0) is 49.0. The van der Waals surface area contributed by atoms with Crippen molar-refractivity contribution in [2.75, 3.05) is 0 Å². The standard InChI is InChI=1S/C68H44N6/c1-5-17-45(18-6-1)59-43-61(71-67(69-59)49-21-9-3-10-22-49)47-29-35-53(36-30-47)73-63-27-15-13-25-55(63)57-41-51(33-39-65(57)73)52-34-40-66-58(42-52)56-26-14-16-28-64(56)74(66)54-37-31-48(32-38-54)62-44-60(46-19-7-2-8-20-46)70-68(72-62)50-23-11-4-12-24-50/h1-44H. The van der Waals surface area contributed by atoms with Crippen LogP contribution in [0.2, 0.25) is 0 Å². The molecule has 6 nitrogen and oxygen atoms in total. The van der Waals surface area contributed by atoms with Crippen molar-refractivity contribution in [3.63, 3.8) is 0 Å². The number of rotatable bonds is 9. The van der Waals surface area contributed by atoms with E-state index in [4.69, 9.17) is 19.9 Å². The van der Waals surface area contributed by atoms with Gasteiger partial charge in [-0.1, -0.05) is 194 Å². The van der Waals surface area contributed by atoms with Crippen LogP contribution in [0.4, 0.5) is 0 Å². The lowest BCUT2D eigenvalue weighted by molar-refractivity contribution is 1.17. The second-order valence-electron chi connectivity index (χ2n) is 18.7. The lowest BCUT2D eigenvalue weighted by atomic mass is 10.0. The van der Waals surface area contributed by atoms with Gasteiger partial charge >= 0.3 is 0 Å². The van der Waals surface area contributed by atoms with Crippen molar-refractivity contribution in [1.82, 2.24) is 29.1 Å². The molecule has 4 heterocycles. The summed E-state index contributed by atoms with van der Waals surface area (Å²) in [5.74, 6) is 1.41. The summed E-state index contributed by atoms with van der Waals surface area (Å²) in [6.45, 7) is 0. The number of nitrogens with zero attached hydrogens (tertiary/aromatic N) is 6. The number of hydrogen-bond acceptors (Lipinski definition) is 4. The van der Waals surface area contributed by atoms with E-state index in [9.17, 15) is 0 Å². The van der Waals surface area contributed by atoms with Crippen molar-refractivity contribution in [2.24, 2.45) is 0 Å². The summed E-state index contributed by atoms with van der Waals surface area (Å²) < 4.78 is 4.75. The Bertz CT molecular complexity index is 3970. The molecule has 14 aromatic rings. The first kappa shape index (κ1) is 42.8. The van der Waals surface area contributed by atoms with Gasteiger partial charge in [0.2, 0.25) is 0 Å². The largest absolute Gasteiger partial charge is 0.309 e. The Balaban J connectivity index is 0.814. The summed E-state index contributed by atoms with van der Waals surface area (Å²) >= 11 is 0. The van der Waals surface area contributed by atoms with Crippen molar-refractivity contribution < 1.29 is 0 Å². The zero-order valence-electron chi connectivity index (χ0n) is 40.1. The van der Waals surface area contributed by atoms with E-state index in [1.165, 1.54) is 32.7 Å². The van der Waals surface area contributed by atoms with Gasteiger partial charge in [-0.05, 0) is 83.9 Å². The summed E-state index contributed by atoms with van der Waals surface area (Å²) in [5, 5.41) is 4.83. The Labute approximate surface area is 427 Å². The second-order valence-corrected chi connectivity index (χ2v) is 18.7. The van der Waals surface area contributed by atoms with Crippen LogP contribution >= 0.6 is 0 Å². The average Bonchev–Trinajstić information content (AvgIpc) is 4.02. The first-order valence-corrected chi connectivity index (χ1v) is 25.0. The van der Waals surface area contributed by atoms with Crippen molar-refractivity contribution >= 4 is 43.6 Å². The van der Waals surface area contributed by atoms with Crippen molar-refractivity contribution in [1.29, 1.82) is 0 Å². The van der Waals surface area contributed by atoms with E-state index in [1.54, 1.807) is 0 Å². The van der Waals surface area contributed by atoms with Crippen LogP contribution in [0, 0.1) is 0 Å². The van der Waals surface area contributed by atoms with Gasteiger partial charge < -0.3 is 9.13 Å². The Morgan fingerprint density at radius 1 is 0.203 bits per heavy atom. The highest BCUT2D eigenvalue weighted by molar-refractivity contribution is 6.12. The maximum atomic E-state index is 5.09. The third kappa shape index (κ3) is 7.61. The molecule has 0 radical (unpaired) electrons. The fraction of sp³-hybridized carbons (Fsp3) is 0. The van der Waals surface area contributed by atoms with Gasteiger partial charge in [0.15, 0.2) is 11.6 Å². The van der Waals surface area contributed by atoms with Gasteiger partial charge in [0.1, 0.15) is 0 Å². The maximum Gasteiger partial charge on any atom is 0.160 e. The van der Waals surface area contributed by atoms with Crippen molar-refractivity contribution in [3.05, 3.63) is 267 Å².